The molecule has 0 unspecified atom stereocenters. The largest absolute Gasteiger partial charge is 0.341 e. The number of hydrogen-bond acceptors (Lipinski definition) is 6. The number of sulfone groups is 1. The van der Waals surface area contributed by atoms with Crippen LogP contribution in [0.1, 0.15) is 12.0 Å². The molecule has 1 fully saturated rings. The fourth-order valence-corrected chi connectivity index (χ4v) is 6.27. The lowest BCUT2D eigenvalue weighted by molar-refractivity contribution is -0.128. The average Bonchev–Trinajstić information content (AvgIpc) is 3.35. The van der Waals surface area contributed by atoms with E-state index in [1.54, 1.807) is 29.8 Å². The van der Waals surface area contributed by atoms with Gasteiger partial charge in [-0.3, -0.25) is 9.36 Å². The molecule has 1 aliphatic heterocycles. The summed E-state index contributed by atoms with van der Waals surface area (Å²) in [5.74, 6) is -0.0929. The standard InChI is InChI=1S/C22H23FN4O3S2/c1-15-7-9-16(10-8-15)27-21(18-5-3-4-6-19(18)23)24-25-22(27)31-13-20(28)26(2)17-11-12-32(29,30)14-17/h3-10,17H,11-14H2,1-2H3/t17-/m1/s1. The van der Waals surface area contributed by atoms with Crippen LogP contribution in [0.25, 0.3) is 17.1 Å². The molecule has 168 valence electrons. The number of rotatable bonds is 6. The molecule has 0 saturated carbocycles. The highest BCUT2D eigenvalue weighted by molar-refractivity contribution is 7.99. The second kappa shape index (κ2) is 9.03. The maximum Gasteiger partial charge on any atom is 0.233 e. The molecule has 0 spiro atoms. The summed E-state index contributed by atoms with van der Waals surface area (Å²) in [6.07, 6.45) is 0.451. The van der Waals surface area contributed by atoms with Crippen molar-refractivity contribution in [3.8, 4) is 17.1 Å². The van der Waals surface area contributed by atoms with Gasteiger partial charge in [0.25, 0.3) is 0 Å². The van der Waals surface area contributed by atoms with Crippen molar-refractivity contribution in [2.45, 2.75) is 24.5 Å². The van der Waals surface area contributed by atoms with Gasteiger partial charge in [-0.05, 0) is 37.6 Å². The molecule has 32 heavy (non-hydrogen) atoms. The Morgan fingerprint density at radius 2 is 1.91 bits per heavy atom. The van der Waals surface area contributed by atoms with Gasteiger partial charge in [0.2, 0.25) is 5.91 Å². The summed E-state index contributed by atoms with van der Waals surface area (Å²) in [5, 5.41) is 8.89. The number of hydrogen-bond donors (Lipinski definition) is 0. The van der Waals surface area contributed by atoms with Crippen LogP contribution in [-0.2, 0) is 14.6 Å². The molecule has 0 bridgehead atoms. The molecule has 2 aromatic carbocycles. The van der Waals surface area contributed by atoms with Crippen LogP contribution in [0, 0.1) is 12.7 Å². The third-order valence-electron chi connectivity index (χ3n) is 5.51. The number of aromatic nitrogens is 3. The molecular formula is C22H23FN4O3S2. The fourth-order valence-electron chi connectivity index (χ4n) is 3.62. The summed E-state index contributed by atoms with van der Waals surface area (Å²) in [4.78, 5) is 14.2. The van der Waals surface area contributed by atoms with Gasteiger partial charge in [0.05, 0.1) is 22.8 Å². The van der Waals surface area contributed by atoms with Crippen molar-refractivity contribution in [1.29, 1.82) is 0 Å². The van der Waals surface area contributed by atoms with Crippen LogP contribution >= 0.6 is 11.8 Å². The van der Waals surface area contributed by atoms with Crippen LogP contribution < -0.4 is 0 Å². The van der Waals surface area contributed by atoms with E-state index in [-0.39, 0.29) is 29.2 Å². The van der Waals surface area contributed by atoms with Crippen molar-refractivity contribution in [2.24, 2.45) is 0 Å². The molecule has 1 saturated heterocycles. The summed E-state index contributed by atoms with van der Waals surface area (Å²) in [5.41, 5.74) is 2.14. The smallest absolute Gasteiger partial charge is 0.233 e. The zero-order valence-electron chi connectivity index (χ0n) is 17.7. The van der Waals surface area contributed by atoms with E-state index in [0.717, 1.165) is 11.3 Å². The van der Waals surface area contributed by atoms with E-state index in [0.29, 0.717) is 23.0 Å². The summed E-state index contributed by atoms with van der Waals surface area (Å²) in [7, 11) is -1.45. The molecule has 1 atom stereocenters. The minimum Gasteiger partial charge on any atom is -0.341 e. The Bertz CT molecular complexity index is 1240. The quantitative estimate of drug-likeness (QED) is 0.511. The zero-order valence-corrected chi connectivity index (χ0v) is 19.4. The van der Waals surface area contributed by atoms with Gasteiger partial charge in [-0.2, -0.15) is 0 Å². The molecule has 2 heterocycles. The zero-order chi connectivity index (χ0) is 22.9. The van der Waals surface area contributed by atoms with Crippen LogP contribution in [0.2, 0.25) is 0 Å². The number of thioether (sulfide) groups is 1. The second-order valence-electron chi connectivity index (χ2n) is 7.81. The highest BCUT2D eigenvalue weighted by Gasteiger charge is 2.32. The van der Waals surface area contributed by atoms with Crippen LogP contribution in [0.3, 0.4) is 0 Å². The maximum absolute atomic E-state index is 14.5. The van der Waals surface area contributed by atoms with Crippen molar-refractivity contribution in [3.05, 3.63) is 59.9 Å². The van der Waals surface area contributed by atoms with E-state index in [1.165, 1.54) is 22.7 Å². The molecular weight excluding hydrogens is 451 g/mol. The van der Waals surface area contributed by atoms with E-state index in [2.05, 4.69) is 10.2 Å². The SMILES string of the molecule is Cc1ccc(-n2c(SCC(=O)N(C)[C@@H]3CCS(=O)(=O)C3)nnc2-c2ccccc2F)cc1. The Kier molecular flexibility index (Phi) is 6.34. The van der Waals surface area contributed by atoms with Crippen LogP contribution in [-0.4, -0.2) is 64.3 Å². The molecule has 10 heteroatoms. The highest BCUT2D eigenvalue weighted by atomic mass is 32.2. The van der Waals surface area contributed by atoms with Crippen molar-refractivity contribution in [3.63, 3.8) is 0 Å². The van der Waals surface area contributed by atoms with E-state index in [9.17, 15) is 17.6 Å². The molecule has 3 aromatic rings. The number of benzene rings is 2. The molecule has 0 radical (unpaired) electrons. The number of carbonyl (C=O) groups excluding carboxylic acids is 1. The summed E-state index contributed by atoms with van der Waals surface area (Å²) >= 11 is 1.19. The first-order valence-electron chi connectivity index (χ1n) is 10.1. The molecule has 1 aromatic heterocycles. The summed E-state index contributed by atoms with van der Waals surface area (Å²) in [6.45, 7) is 1.97. The van der Waals surface area contributed by atoms with Gasteiger partial charge >= 0.3 is 0 Å². The third-order valence-corrected chi connectivity index (χ3v) is 8.18. The Morgan fingerprint density at radius 3 is 2.56 bits per heavy atom. The maximum atomic E-state index is 14.5. The van der Waals surface area contributed by atoms with Gasteiger partial charge in [-0.25, -0.2) is 12.8 Å². The predicted molar refractivity (Wildman–Crippen MR) is 122 cm³/mol. The first-order chi connectivity index (χ1) is 15.2. The van der Waals surface area contributed by atoms with E-state index in [4.69, 9.17) is 0 Å². The van der Waals surface area contributed by atoms with Crippen LogP contribution in [0.5, 0.6) is 0 Å². The normalized spacial score (nSPS) is 17.4. The van der Waals surface area contributed by atoms with Crippen molar-refractivity contribution in [1.82, 2.24) is 19.7 Å². The second-order valence-corrected chi connectivity index (χ2v) is 11.0. The van der Waals surface area contributed by atoms with Crippen molar-refractivity contribution < 1.29 is 17.6 Å². The topological polar surface area (TPSA) is 85.2 Å². The van der Waals surface area contributed by atoms with Gasteiger partial charge in [-0.15, -0.1) is 10.2 Å². The molecule has 4 rings (SSSR count). The fraction of sp³-hybridized carbons (Fsp3) is 0.318. The van der Waals surface area contributed by atoms with Crippen molar-refractivity contribution in [2.75, 3.05) is 24.3 Å². The summed E-state index contributed by atoms with van der Waals surface area (Å²) in [6, 6.07) is 13.7. The number of aryl methyl sites for hydroxylation is 1. The van der Waals surface area contributed by atoms with Gasteiger partial charge in [-0.1, -0.05) is 41.6 Å². The van der Waals surface area contributed by atoms with Gasteiger partial charge in [0.15, 0.2) is 20.8 Å². The van der Waals surface area contributed by atoms with Crippen LogP contribution in [0.4, 0.5) is 4.39 Å². The molecule has 0 aliphatic carbocycles. The minimum atomic E-state index is -3.08. The molecule has 1 aliphatic rings. The number of carbonyl (C=O) groups is 1. The van der Waals surface area contributed by atoms with Gasteiger partial charge in [0.1, 0.15) is 5.82 Å². The minimum absolute atomic E-state index is 0.00309. The first kappa shape index (κ1) is 22.5. The van der Waals surface area contributed by atoms with Gasteiger partial charge in [0, 0.05) is 18.8 Å². The molecule has 0 N–H and O–H groups in total. The lowest BCUT2D eigenvalue weighted by Crippen LogP contribution is -2.38. The first-order valence-corrected chi connectivity index (χ1v) is 12.9. The van der Waals surface area contributed by atoms with Crippen LogP contribution in [0.15, 0.2) is 53.7 Å². The Labute approximate surface area is 190 Å². The third kappa shape index (κ3) is 4.71. The van der Waals surface area contributed by atoms with E-state index < -0.39 is 15.7 Å². The lowest BCUT2D eigenvalue weighted by atomic mass is 10.2. The lowest BCUT2D eigenvalue weighted by Gasteiger charge is -2.23. The highest BCUT2D eigenvalue weighted by Crippen LogP contribution is 2.30. The van der Waals surface area contributed by atoms with Gasteiger partial charge < -0.3 is 4.90 Å². The average molecular weight is 475 g/mol. The monoisotopic (exact) mass is 474 g/mol. The number of amides is 1. The predicted octanol–water partition coefficient (Wildman–Crippen LogP) is 3.12. The molecule has 1 amide bonds. The Hall–Kier alpha value is -2.72. The van der Waals surface area contributed by atoms with E-state index >= 15 is 0 Å². The Morgan fingerprint density at radius 1 is 1.19 bits per heavy atom. The number of halogens is 1. The van der Waals surface area contributed by atoms with E-state index in [1.807, 2.05) is 31.2 Å². The molecule has 7 nitrogen and oxygen atoms in total. The Balaban J connectivity index is 1.61. The summed E-state index contributed by atoms with van der Waals surface area (Å²) < 4.78 is 39.7. The van der Waals surface area contributed by atoms with Crippen molar-refractivity contribution >= 4 is 27.5 Å². The number of nitrogens with zero attached hydrogens (tertiary/aromatic N) is 4.